The third kappa shape index (κ3) is 3.08. The van der Waals surface area contributed by atoms with Crippen LogP contribution in [0.4, 0.5) is 0 Å². The molecule has 0 heterocycles. The molecule has 0 saturated heterocycles. The minimum atomic E-state index is 0.541. The summed E-state index contributed by atoms with van der Waals surface area (Å²) < 4.78 is 0. The molecule has 0 atom stereocenters. The molecule has 0 N–H and O–H groups in total. The van der Waals surface area contributed by atoms with E-state index in [2.05, 4.69) is 84.9 Å². The maximum absolute atomic E-state index is 2.44. The van der Waals surface area contributed by atoms with Crippen LogP contribution in [0, 0.1) is 0 Å². The van der Waals surface area contributed by atoms with Gasteiger partial charge in [-0.15, -0.1) is 0 Å². The van der Waals surface area contributed by atoms with Gasteiger partial charge in [0.1, 0.15) is 0 Å². The van der Waals surface area contributed by atoms with Crippen molar-refractivity contribution in [1.82, 2.24) is 0 Å². The maximum Gasteiger partial charge on any atom is -0.0140 e. The summed E-state index contributed by atoms with van der Waals surface area (Å²) in [5.41, 5.74) is 6.04. The van der Waals surface area contributed by atoms with E-state index in [1.165, 1.54) is 43.8 Å². The summed E-state index contributed by atoms with van der Waals surface area (Å²) in [5, 5.41) is 5.65. The van der Waals surface area contributed by atoms with E-state index in [9.17, 15) is 0 Å². The number of aryl methyl sites for hydroxylation is 1. The van der Waals surface area contributed by atoms with Crippen LogP contribution in [-0.2, 0) is 6.42 Å². The number of hydrogen-bond acceptors (Lipinski definition) is 0. The molecule has 25 heavy (non-hydrogen) atoms. The summed E-state index contributed by atoms with van der Waals surface area (Å²) in [6, 6.07) is 14.2. The average Bonchev–Trinajstić information content (AvgIpc) is 2.57. The molecule has 3 aromatic carbocycles. The summed E-state index contributed by atoms with van der Waals surface area (Å²) in [5.74, 6) is 1.68. The minimum Gasteiger partial charge on any atom is -0.0613 e. The van der Waals surface area contributed by atoms with Crippen LogP contribution in [0.1, 0.15) is 88.5 Å². The van der Waals surface area contributed by atoms with Crippen LogP contribution >= 0.6 is 0 Å². The lowest BCUT2D eigenvalue weighted by Gasteiger charge is -2.21. The van der Waals surface area contributed by atoms with Crippen molar-refractivity contribution in [3.05, 3.63) is 58.7 Å². The molecule has 0 nitrogen and oxygen atoms in total. The monoisotopic (exact) mass is 332 g/mol. The van der Waals surface area contributed by atoms with E-state index in [1.54, 1.807) is 0 Å². The minimum absolute atomic E-state index is 0.541. The molecule has 0 radical (unpaired) electrons. The van der Waals surface area contributed by atoms with Crippen molar-refractivity contribution in [1.29, 1.82) is 0 Å². The van der Waals surface area contributed by atoms with Crippen molar-refractivity contribution in [2.45, 2.75) is 72.6 Å². The highest BCUT2D eigenvalue weighted by molar-refractivity contribution is 6.02. The van der Waals surface area contributed by atoms with Gasteiger partial charge in [0.05, 0.1) is 0 Å². The first-order chi connectivity index (χ1) is 11.8. The Morgan fingerprint density at radius 2 is 1.16 bits per heavy atom. The Labute approximate surface area is 153 Å². The first-order valence-electron chi connectivity index (χ1n) is 9.87. The second kappa shape index (κ2) is 6.83. The molecule has 0 heteroatoms. The fourth-order valence-corrected chi connectivity index (χ4v) is 4.35. The van der Waals surface area contributed by atoms with E-state index in [0.29, 0.717) is 17.8 Å². The predicted molar refractivity (Wildman–Crippen MR) is 113 cm³/mol. The summed E-state index contributed by atoms with van der Waals surface area (Å²) in [4.78, 5) is 0. The molecule has 0 amide bonds. The van der Waals surface area contributed by atoms with Crippen LogP contribution in [0.2, 0.25) is 0 Å². The Morgan fingerprint density at radius 3 is 1.68 bits per heavy atom. The molecule has 0 aliphatic rings. The van der Waals surface area contributed by atoms with Crippen LogP contribution in [-0.4, -0.2) is 0 Å². The standard InChI is InChI=1S/C25H32/c1-8-20-21(15(2)3)11-9-18-14-24-19(13-23(18)20)10-12-22(16(4)5)25(24)17(6)7/h9-17H,8H2,1-7H3. The maximum atomic E-state index is 2.44. The summed E-state index contributed by atoms with van der Waals surface area (Å²) in [7, 11) is 0. The molecule has 0 aliphatic heterocycles. The molecule has 0 fully saturated rings. The fraction of sp³-hybridized carbons (Fsp3) is 0.440. The molecule has 0 unspecified atom stereocenters. The number of rotatable bonds is 4. The molecular formula is C25H32. The highest BCUT2D eigenvalue weighted by Crippen LogP contribution is 2.37. The molecule has 0 spiro atoms. The number of fused-ring (bicyclic) bond motifs is 2. The highest BCUT2D eigenvalue weighted by Gasteiger charge is 2.16. The van der Waals surface area contributed by atoms with E-state index in [0.717, 1.165) is 6.42 Å². The van der Waals surface area contributed by atoms with Crippen LogP contribution in [0.3, 0.4) is 0 Å². The lowest BCUT2D eigenvalue weighted by atomic mass is 9.84. The zero-order valence-electron chi connectivity index (χ0n) is 16.9. The molecule has 0 aliphatic carbocycles. The van der Waals surface area contributed by atoms with Crippen LogP contribution in [0.15, 0.2) is 36.4 Å². The lowest BCUT2D eigenvalue weighted by molar-refractivity contribution is 0.798. The van der Waals surface area contributed by atoms with Crippen LogP contribution in [0.5, 0.6) is 0 Å². The van der Waals surface area contributed by atoms with Crippen molar-refractivity contribution in [3.8, 4) is 0 Å². The smallest absolute Gasteiger partial charge is 0.0140 e. The van der Waals surface area contributed by atoms with Crippen LogP contribution < -0.4 is 0 Å². The Morgan fingerprint density at radius 1 is 0.640 bits per heavy atom. The van der Waals surface area contributed by atoms with Gasteiger partial charge in [0.25, 0.3) is 0 Å². The third-order valence-electron chi connectivity index (χ3n) is 5.56. The normalized spacial score (nSPS) is 12.2. The topological polar surface area (TPSA) is 0 Å². The molecule has 0 bridgehead atoms. The Balaban J connectivity index is 2.40. The van der Waals surface area contributed by atoms with Gasteiger partial charge < -0.3 is 0 Å². The number of benzene rings is 3. The molecule has 0 aromatic heterocycles. The van der Waals surface area contributed by atoms with Crippen molar-refractivity contribution in [2.75, 3.05) is 0 Å². The van der Waals surface area contributed by atoms with Gasteiger partial charge in [0, 0.05) is 0 Å². The predicted octanol–water partition coefficient (Wildman–Crippen LogP) is 7.93. The summed E-state index contributed by atoms with van der Waals surface area (Å²) >= 11 is 0. The number of hydrogen-bond donors (Lipinski definition) is 0. The molecular weight excluding hydrogens is 300 g/mol. The fourth-order valence-electron chi connectivity index (χ4n) is 4.35. The second-order valence-electron chi connectivity index (χ2n) is 8.31. The van der Waals surface area contributed by atoms with Gasteiger partial charge in [0.2, 0.25) is 0 Å². The Hall–Kier alpha value is -1.82. The van der Waals surface area contributed by atoms with Crippen LogP contribution in [0.25, 0.3) is 21.5 Å². The SMILES string of the molecule is CCc1c(C(C)C)ccc2cc3c(C(C)C)c(C(C)C)ccc3cc12. The van der Waals surface area contributed by atoms with Crippen molar-refractivity contribution in [2.24, 2.45) is 0 Å². The van der Waals surface area contributed by atoms with Gasteiger partial charge >= 0.3 is 0 Å². The van der Waals surface area contributed by atoms with E-state index in [-0.39, 0.29) is 0 Å². The first-order valence-corrected chi connectivity index (χ1v) is 9.87. The van der Waals surface area contributed by atoms with Crippen molar-refractivity contribution < 1.29 is 0 Å². The zero-order chi connectivity index (χ0) is 18.3. The average molecular weight is 333 g/mol. The molecule has 132 valence electrons. The van der Waals surface area contributed by atoms with E-state index in [4.69, 9.17) is 0 Å². The van der Waals surface area contributed by atoms with Gasteiger partial charge in [-0.1, -0.05) is 72.7 Å². The molecule has 3 aromatic rings. The largest absolute Gasteiger partial charge is 0.0613 e. The zero-order valence-corrected chi connectivity index (χ0v) is 16.9. The third-order valence-corrected chi connectivity index (χ3v) is 5.56. The summed E-state index contributed by atoms with van der Waals surface area (Å²) in [6.45, 7) is 16.1. The van der Waals surface area contributed by atoms with Gasteiger partial charge in [0.15, 0.2) is 0 Å². The Kier molecular flexibility index (Phi) is 4.91. The van der Waals surface area contributed by atoms with Gasteiger partial charge in [-0.05, 0) is 80.1 Å². The van der Waals surface area contributed by atoms with E-state index in [1.807, 2.05) is 0 Å². The Bertz CT molecular complexity index is 910. The highest BCUT2D eigenvalue weighted by atomic mass is 14.2. The van der Waals surface area contributed by atoms with E-state index < -0.39 is 0 Å². The second-order valence-corrected chi connectivity index (χ2v) is 8.31. The summed E-state index contributed by atoms with van der Waals surface area (Å²) in [6.07, 6.45) is 1.09. The van der Waals surface area contributed by atoms with E-state index >= 15 is 0 Å². The molecule has 0 saturated carbocycles. The first kappa shape index (κ1) is 18.0. The van der Waals surface area contributed by atoms with Gasteiger partial charge in [-0.25, -0.2) is 0 Å². The van der Waals surface area contributed by atoms with Gasteiger partial charge in [-0.2, -0.15) is 0 Å². The molecule has 3 rings (SSSR count). The van der Waals surface area contributed by atoms with Crippen molar-refractivity contribution in [3.63, 3.8) is 0 Å². The van der Waals surface area contributed by atoms with Gasteiger partial charge in [-0.3, -0.25) is 0 Å². The quantitative estimate of drug-likeness (QED) is 0.425. The lowest BCUT2D eigenvalue weighted by Crippen LogP contribution is -2.01. The van der Waals surface area contributed by atoms with Crippen molar-refractivity contribution >= 4 is 21.5 Å².